The van der Waals surface area contributed by atoms with Crippen molar-refractivity contribution < 1.29 is 85.7 Å². The van der Waals surface area contributed by atoms with Crippen LogP contribution in [0.1, 0.15) is 0 Å². The van der Waals surface area contributed by atoms with Crippen molar-refractivity contribution in [3.63, 3.8) is 0 Å². The van der Waals surface area contributed by atoms with Crippen molar-refractivity contribution in [1.29, 1.82) is 0 Å². The summed E-state index contributed by atoms with van der Waals surface area (Å²) in [6.45, 7) is -0.505. The molecule has 1 atom stereocenters. The topological polar surface area (TPSA) is 83.5 Å². The van der Waals surface area contributed by atoms with Crippen LogP contribution in [0, 0.1) is 0 Å². The Labute approximate surface area is 110 Å². The molecule has 0 amide bonds. The maximum absolute atomic E-state index is 9.65. The van der Waals surface area contributed by atoms with Crippen LogP contribution in [-0.2, 0) is 25.9 Å². The summed E-state index contributed by atoms with van der Waals surface area (Å²) in [6, 6.07) is -1.13. The van der Waals surface area contributed by atoms with Crippen molar-refractivity contribution in [2.75, 3.05) is 6.61 Å². The molecular weight excluding hydrogens is 435 g/mol. The Morgan fingerprint density at radius 1 is 1.25 bits per heavy atom. The second-order valence-corrected chi connectivity index (χ2v) is 1.13. The SMILES string of the molecule is NC(CO)C(=O)O.[Cl-].[Cl-].[Cl-].[Cl-].[Pt+2]. The largest absolute Gasteiger partial charge is 2.00 e. The van der Waals surface area contributed by atoms with Crippen molar-refractivity contribution in [3.05, 3.63) is 0 Å². The third-order valence-electron chi connectivity index (χ3n) is 0.514. The summed E-state index contributed by atoms with van der Waals surface area (Å²) in [5.74, 6) is -1.18. The van der Waals surface area contributed by atoms with Crippen LogP contribution in [0.15, 0.2) is 0 Å². The van der Waals surface area contributed by atoms with E-state index >= 15 is 0 Å². The summed E-state index contributed by atoms with van der Waals surface area (Å²) in [7, 11) is 0. The smallest absolute Gasteiger partial charge is 1.00 e. The Morgan fingerprint density at radius 2 is 1.50 bits per heavy atom. The zero-order chi connectivity index (χ0) is 5.86. The number of carboxylic acids is 1. The van der Waals surface area contributed by atoms with Crippen LogP contribution in [0.4, 0.5) is 0 Å². The number of aliphatic hydroxyl groups is 1. The first-order valence-corrected chi connectivity index (χ1v) is 1.77. The van der Waals surface area contributed by atoms with Gasteiger partial charge >= 0.3 is 27.0 Å². The van der Waals surface area contributed by atoms with Crippen molar-refractivity contribution in [3.8, 4) is 0 Å². The Balaban J connectivity index is -0.0000000180. The number of carboxylic acid groups (broad SMARTS) is 1. The number of hydrogen-bond acceptors (Lipinski definition) is 3. The van der Waals surface area contributed by atoms with Crippen molar-refractivity contribution in [2.45, 2.75) is 6.04 Å². The first-order valence-electron chi connectivity index (χ1n) is 1.77. The van der Waals surface area contributed by atoms with Crippen LogP contribution in [0.2, 0.25) is 0 Å². The molecule has 0 bridgehead atoms. The molecule has 0 saturated carbocycles. The zero-order valence-electron chi connectivity index (χ0n) is 5.49. The summed E-state index contributed by atoms with van der Waals surface area (Å²) in [5, 5.41) is 15.9. The number of aliphatic hydroxyl groups excluding tert-OH is 1. The monoisotopic (exact) mass is 440 g/mol. The van der Waals surface area contributed by atoms with Crippen LogP contribution in [-0.4, -0.2) is 28.8 Å². The van der Waals surface area contributed by atoms with Gasteiger partial charge in [0.15, 0.2) is 0 Å². The molecule has 0 heterocycles. The minimum Gasteiger partial charge on any atom is -1.00 e. The molecule has 0 rings (SSSR count). The number of halogens is 4. The van der Waals surface area contributed by atoms with E-state index in [0.29, 0.717) is 0 Å². The standard InChI is InChI=1S/C3H7NO3.4ClH.Pt/c4-2(1-5)3(6)7;;;;;/h2,5H,1,4H2,(H,6,7);4*1H;/q;;;;;+2/p-4. The van der Waals surface area contributed by atoms with Crippen LogP contribution in [0.5, 0.6) is 0 Å². The molecule has 4 N–H and O–H groups in total. The third-order valence-corrected chi connectivity index (χ3v) is 0.514. The van der Waals surface area contributed by atoms with E-state index < -0.39 is 18.6 Å². The molecule has 4 nitrogen and oxygen atoms in total. The van der Waals surface area contributed by atoms with E-state index in [-0.39, 0.29) is 70.7 Å². The summed E-state index contributed by atoms with van der Waals surface area (Å²) in [6.07, 6.45) is 0. The van der Waals surface area contributed by atoms with Gasteiger partial charge in [0.25, 0.3) is 0 Å². The number of hydrogen-bond donors (Lipinski definition) is 3. The third kappa shape index (κ3) is 22.5. The summed E-state index contributed by atoms with van der Waals surface area (Å²) < 4.78 is 0. The molecule has 1 unspecified atom stereocenters. The zero-order valence-corrected chi connectivity index (χ0v) is 10.8. The van der Waals surface area contributed by atoms with Gasteiger partial charge in [-0.1, -0.05) is 0 Å². The van der Waals surface area contributed by atoms with E-state index in [9.17, 15) is 4.79 Å². The van der Waals surface area contributed by atoms with E-state index in [2.05, 4.69) is 0 Å². The molecular formula is C3H7Cl4NO3Pt-2. The van der Waals surface area contributed by atoms with E-state index in [0.717, 1.165) is 0 Å². The van der Waals surface area contributed by atoms with Crippen LogP contribution >= 0.6 is 0 Å². The minimum absolute atomic E-state index is 0. The fourth-order valence-electron chi connectivity index (χ4n) is 0.0781. The first kappa shape index (κ1) is 37.8. The molecule has 82 valence electrons. The molecule has 0 fully saturated rings. The predicted octanol–water partition coefficient (Wildman–Crippen LogP) is -13.6. The second kappa shape index (κ2) is 22.8. The maximum atomic E-state index is 9.65. The van der Waals surface area contributed by atoms with Gasteiger partial charge in [-0.05, 0) is 0 Å². The fourth-order valence-corrected chi connectivity index (χ4v) is 0.0781. The Morgan fingerprint density at radius 3 is 1.50 bits per heavy atom. The normalized spacial score (nSPS) is 7.83. The first-order chi connectivity index (χ1) is 3.18. The Kier molecular flexibility index (Phi) is 71.8. The molecule has 0 aromatic heterocycles. The van der Waals surface area contributed by atoms with E-state index in [4.69, 9.17) is 15.9 Å². The number of carbonyl (C=O) groups is 1. The Bertz CT molecular complexity index is 87.9. The van der Waals surface area contributed by atoms with E-state index in [1.165, 1.54) is 0 Å². The molecule has 0 aliphatic heterocycles. The molecule has 0 aromatic rings. The minimum atomic E-state index is -1.18. The van der Waals surface area contributed by atoms with Gasteiger partial charge in [0.1, 0.15) is 6.04 Å². The summed E-state index contributed by atoms with van der Waals surface area (Å²) >= 11 is 0. The van der Waals surface area contributed by atoms with Crippen molar-refractivity contribution in [1.82, 2.24) is 0 Å². The molecule has 0 aliphatic rings. The quantitative estimate of drug-likeness (QED) is 0.397. The second-order valence-electron chi connectivity index (χ2n) is 1.13. The number of nitrogens with two attached hydrogens (primary N) is 1. The van der Waals surface area contributed by atoms with Crippen LogP contribution < -0.4 is 55.4 Å². The van der Waals surface area contributed by atoms with Gasteiger partial charge in [0.2, 0.25) is 0 Å². The molecule has 0 spiro atoms. The fraction of sp³-hybridized carbons (Fsp3) is 0.667. The van der Waals surface area contributed by atoms with Crippen molar-refractivity contribution in [2.24, 2.45) is 5.73 Å². The Hall–Kier alpha value is 1.24. The number of aliphatic carboxylic acids is 1. The van der Waals surface area contributed by atoms with Gasteiger partial charge in [0.05, 0.1) is 6.61 Å². The molecule has 0 saturated heterocycles. The van der Waals surface area contributed by atoms with Crippen LogP contribution in [0.25, 0.3) is 0 Å². The van der Waals surface area contributed by atoms with Gasteiger partial charge in [-0.15, -0.1) is 0 Å². The van der Waals surface area contributed by atoms with E-state index in [1.807, 2.05) is 0 Å². The van der Waals surface area contributed by atoms with Crippen LogP contribution in [0.3, 0.4) is 0 Å². The average Bonchev–Trinajstić information content (AvgIpc) is 1.65. The summed E-state index contributed by atoms with van der Waals surface area (Å²) in [5.41, 5.74) is 4.77. The van der Waals surface area contributed by atoms with Gasteiger partial charge in [-0.25, -0.2) is 0 Å². The molecule has 0 aromatic carbocycles. The van der Waals surface area contributed by atoms with Gasteiger partial charge in [-0.3, -0.25) is 4.79 Å². The number of rotatable bonds is 2. The summed E-state index contributed by atoms with van der Waals surface area (Å²) in [4.78, 5) is 9.65. The predicted molar refractivity (Wildman–Crippen MR) is 22.7 cm³/mol. The average molecular weight is 442 g/mol. The maximum Gasteiger partial charge on any atom is 2.00 e. The van der Waals surface area contributed by atoms with Gasteiger partial charge in [-0.2, -0.15) is 0 Å². The van der Waals surface area contributed by atoms with Gasteiger partial charge < -0.3 is 65.6 Å². The molecule has 0 aliphatic carbocycles. The molecule has 0 radical (unpaired) electrons. The molecule has 12 heavy (non-hydrogen) atoms. The van der Waals surface area contributed by atoms with Crippen molar-refractivity contribution >= 4 is 5.97 Å². The van der Waals surface area contributed by atoms with E-state index in [1.54, 1.807) is 0 Å². The molecule has 9 heteroatoms. The van der Waals surface area contributed by atoms with Gasteiger partial charge in [0, 0.05) is 0 Å².